The van der Waals surface area contributed by atoms with E-state index >= 15 is 0 Å². The molecule has 110 valence electrons. The molecular formula is C14H23F3N2. The molecule has 3 aliphatic rings. The number of piperidine rings is 1. The summed E-state index contributed by atoms with van der Waals surface area (Å²) >= 11 is 0. The summed E-state index contributed by atoms with van der Waals surface area (Å²) in [5, 5.41) is 0. The van der Waals surface area contributed by atoms with E-state index in [0.29, 0.717) is 24.9 Å². The van der Waals surface area contributed by atoms with Gasteiger partial charge in [-0.15, -0.1) is 0 Å². The molecule has 19 heavy (non-hydrogen) atoms. The van der Waals surface area contributed by atoms with Crippen molar-refractivity contribution in [2.45, 2.75) is 62.7 Å². The molecule has 0 aromatic heterocycles. The Morgan fingerprint density at radius 3 is 2.53 bits per heavy atom. The average Bonchev–Trinajstić information content (AvgIpc) is 3.00. The zero-order valence-corrected chi connectivity index (χ0v) is 11.3. The molecule has 2 N–H and O–H groups in total. The van der Waals surface area contributed by atoms with E-state index < -0.39 is 12.1 Å². The lowest BCUT2D eigenvalue weighted by atomic mass is 9.73. The van der Waals surface area contributed by atoms with E-state index in [1.165, 1.54) is 12.8 Å². The van der Waals surface area contributed by atoms with Crippen LogP contribution in [0.4, 0.5) is 13.2 Å². The van der Waals surface area contributed by atoms with Crippen LogP contribution in [0.2, 0.25) is 0 Å². The second kappa shape index (κ2) is 4.62. The highest BCUT2D eigenvalue weighted by Gasteiger charge is 2.53. The third-order valence-electron chi connectivity index (χ3n) is 5.68. The van der Waals surface area contributed by atoms with Crippen molar-refractivity contribution in [3.05, 3.63) is 0 Å². The molecular weight excluding hydrogens is 253 g/mol. The molecule has 1 saturated heterocycles. The van der Waals surface area contributed by atoms with Crippen LogP contribution in [-0.4, -0.2) is 35.7 Å². The van der Waals surface area contributed by atoms with Gasteiger partial charge in [0, 0.05) is 24.7 Å². The number of halogens is 3. The second-order valence-corrected chi connectivity index (χ2v) is 6.75. The Balaban J connectivity index is 1.79. The summed E-state index contributed by atoms with van der Waals surface area (Å²) in [7, 11) is 0. The van der Waals surface area contributed by atoms with Gasteiger partial charge in [-0.2, -0.15) is 13.2 Å². The number of rotatable bonds is 2. The van der Waals surface area contributed by atoms with E-state index in [2.05, 4.69) is 4.90 Å². The van der Waals surface area contributed by atoms with Crippen LogP contribution in [0, 0.1) is 11.8 Å². The quantitative estimate of drug-likeness (QED) is 0.840. The number of nitrogens with zero attached hydrogens (tertiary/aromatic N) is 1. The predicted octanol–water partition coefficient (Wildman–Crippen LogP) is 2.92. The summed E-state index contributed by atoms with van der Waals surface area (Å²) in [5.74, 6) is -0.441. The topological polar surface area (TPSA) is 29.3 Å². The molecule has 1 aliphatic heterocycles. The molecule has 2 saturated carbocycles. The fraction of sp³-hybridized carbons (Fsp3) is 1.00. The van der Waals surface area contributed by atoms with Gasteiger partial charge in [0.1, 0.15) is 0 Å². The van der Waals surface area contributed by atoms with Gasteiger partial charge in [0.05, 0.1) is 5.92 Å². The molecule has 3 fully saturated rings. The van der Waals surface area contributed by atoms with Crippen LogP contribution in [0.25, 0.3) is 0 Å². The summed E-state index contributed by atoms with van der Waals surface area (Å²) < 4.78 is 39.1. The molecule has 2 aliphatic carbocycles. The molecule has 1 heterocycles. The van der Waals surface area contributed by atoms with Gasteiger partial charge in [0.25, 0.3) is 0 Å². The van der Waals surface area contributed by atoms with Gasteiger partial charge in [0.15, 0.2) is 0 Å². The van der Waals surface area contributed by atoms with Gasteiger partial charge in [-0.05, 0) is 44.4 Å². The van der Waals surface area contributed by atoms with Crippen LogP contribution in [0.5, 0.6) is 0 Å². The predicted molar refractivity (Wildman–Crippen MR) is 67.6 cm³/mol. The van der Waals surface area contributed by atoms with E-state index in [9.17, 15) is 13.2 Å². The smallest absolute Gasteiger partial charge is 0.329 e. The number of hydrogen-bond donors (Lipinski definition) is 1. The van der Waals surface area contributed by atoms with Gasteiger partial charge in [-0.1, -0.05) is 6.42 Å². The highest BCUT2D eigenvalue weighted by atomic mass is 19.4. The number of hydrogen-bond acceptors (Lipinski definition) is 2. The van der Waals surface area contributed by atoms with Crippen LogP contribution < -0.4 is 5.73 Å². The van der Waals surface area contributed by atoms with E-state index in [0.717, 1.165) is 19.4 Å². The van der Waals surface area contributed by atoms with Crippen LogP contribution in [0.1, 0.15) is 44.9 Å². The Morgan fingerprint density at radius 2 is 2.00 bits per heavy atom. The number of likely N-dealkylation sites (tertiary alicyclic amines) is 1. The normalized spacial score (nSPS) is 43.9. The fourth-order valence-corrected chi connectivity index (χ4v) is 4.69. The molecule has 4 unspecified atom stereocenters. The van der Waals surface area contributed by atoms with E-state index in [-0.39, 0.29) is 18.4 Å². The third kappa shape index (κ3) is 2.29. The van der Waals surface area contributed by atoms with Gasteiger partial charge in [-0.3, -0.25) is 4.90 Å². The maximum atomic E-state index is 13.0. The molecule has 2 nitrogen and oxygen atoms in total. The van der Waals surface area contributed by atoms with Gasteiger partial charge < -0.3 is 5.73 Å². The standard InChI is InChI=1S/C14H23F3N2/c15-14(16,17)11-2-1-5-13(7-11,9-18)19-8-10-3-4-12(19)6-10/h10-12H,1-9,18H2. The first kappa shape index (κ1) is 13.7. The van der Waals surface area contributed by atoms with Crippen LogP contribution in [0.15, 0.2) is 0 Å². The minimum absolute atomic E-state index is 0.218. The average molecular weight is 276 g/mol. The van der Waals surface area contributed by atoms with Crippen molar-refractivity contribution < 1.29 is 13.2 Å². The summed E-state index contributed by atoms with van der Waals surface area (Å²) in [6, 6.07) is 0.500. The minimum Gasteiger partial charge on any atom is -0.329 e. The summed E-state index contributed by atoms with van der Waals surface area (Å²) in [6.07, 6.45) is 1.55. The summed E-state index contributed by atoms with van der Waals surface area (Å²) in [4.78, 5) is 2.36. The first-order chi connectivity index (χ1) is 8.94. The molecule has 3 rings (SSSR count). The molecule has 2 bridgehead atoms. The lowest BCUT2D eigenvalue weighted by Crippen LogP contribution is -2.59. The zero-order valence-electron chi connectivity index (χ0n) is 11.3. The van der Waals surface area contributed by atoms with Crippen LogP contribution >= 0.6 is 0 Å². The molecule has 0 amide bonds. The molecule has 4 atom stereocenters. The monoisotopic (exact) mass is 276 g/mol. The van der Waals surface area contributed by atoms with Gasteiger partial charge >= 0.3 is 6.18 Å². The first-order valence-electron chi connectivity index (χ1n) is 7.48. The van der Waals surface area contributed by atoms with Crippen molar-refractivity contribution >= 4 is 0 Å². The van der Waals surface area contributed by atoms with E-state index in [1.54, 1.807) is 0 Å². The summed E-state index contributed by atoms with van der Waals surface area (Å²) in [5.41, 5.74) is 5.57. The lowest BCUT2D eigenvalue weighted by Gasteiger charge is -2.50. The minimum atomic E-state index is -4.06. The molecule has 0 aromatic rings. The number of fused-ring (bicyclic) bond motifs is 2. The van der Waals surface area contributed by atoms with Crippen molar-refractivity contribution in [1.82, 2.24) is 4.90 Å². The van der Waals surface area contributed by atoms with Crippen molar-refractivity contribution in [3.63, 3.8) is 0 Å². The van der Waals surface area contributed by atoms with Crippen molar-refractivity contribution in [2.75, 3.05) is 13.1 Å². The lowest BCUT2D eigenvalue weighted by molar-refractivity contribution is -0.194. The highest BCUT2D eigenvalue weighted by Crippen LogP contribution is 2.49. The van der Waals surface area contributed by atoms with Crippen molar-refractivity contribution in [1.29, 1.82) is 0 Å². The summed E-state index contributed by atoms with van der Waals surface area (Å²) in [6.45, 7) is 1.36. The molecule has 0 aromatic carbocycles. The first-order valence-corrected chi connectivity index (χ1v) is 7.48. The van der Waals surface area contributed by atoms with Crippen molar-refractivity contribution in [2.24, 2.45) is 17.6 Å². The maximum Gasteiger partial charge on any atom is 0.391 e. The maximum absolute atomic E-state index is 13.0. The highest BCUT2D eigenvalue weighted by molar-refractivity contribution is 5.05. The number of nitrogens with two attached hydrogens (primary N) is 1. The number of alkyl halides is 3. The second-order valence-electron chi connectivity index (χ2n) is 6.75. The SMILES string of the molecule is NCC1(N2CC3CCC2C3)CCCC(C(F)(F)F)C1. The Hall–Kier alpha value is -0.290. The Morgan fingerprint density at radius 1 is 1.21 bits per heavy atom. The third-order valence-corrected chi connectivity index (χ3v) is 5.68. The van der Waals surface area contributed by atoms with Crippen molar-refractivity contribution in [3.8, 4) is 0 Å². The van der Waals surface area contributed by atoms with Crippen LogP contribution in [-0.2, 0) is 0 Å². The van der Waals surface area contributed by atoms with Gasteiger partial charge in [-0.25, -0.2) is 0 Å². The Kier molecular flexibility index (Phi) is 3.33. The molecule has 0 spiro atoms. The van der Waals surface area contributed by atoms with E-state index in [4.69, 9.17) is 5.73 Å². The molecule has 5 heteroatoms. The molecule has 0 radical (unpaired) electrons. The Labute approximate surface area is 112 Å². The fourth-order valence-electron chi connectivity index (χ4n) is 4.69. The van der Waals surface area contributed by atoms with Gasteiger partial charge in [0.2, 0.25) is 0 Å². The zero-order chi connectivity index (χ0) is 13.7. The van der Waals surface area contributed by atoms with Crippen LogP contribution in [0.3, 0.4) is 0 Å². The van der Waals surface area contributed by atoms with E-state index in [1.807, 2.05) is 0 Å². The Bertz CT molecular complexity index is 344. The largest absolute Gasteiger partial charge is 0.391 e.